The van der Waals surface area contributed by atoms with Crippen molar-refractivity contribution in [3.8, 4) is 0 Å². The SMILES string of the molecule is OC1(Cl)C=CC(C2CCCCC2)=CC1Cl. The first-order valence-corrected chi connectivity index (χ1v) is 6.37. The van der Waals surface area contributed by atoms with Gasteiger partial charge in [0.25, 0.3) is 0 Å². The van der Waals surface area contributed by atoms with Gasteiger partial charge in [-0.25, -0.2) is 0 Å². The van der Waals surface area contributed by atoms with Gasteiger partial charge in [0.2, 0.25) is 0 Å². The topological polar surface area (TPSA) is 20.2 Å². The number of hydrogen-bond acceptors (Lipinski definition) is 1. The third kappa shape index (κ3) is 2.58. The van der Waals surface area contributed by atoms with Gasteiger partial charge in [-0.05, 0) is 30.4 Å². The maximum Gasteiger partial charge on any atom is 0.177 e. The van der Waals surface area contributed by atoms with Gasteiger partial charge < -0.3 is 5.11 Å². The lowest BCUT2D eigenvalue weighted by molar-refractivity contribution is 0.183. The van der Waals surface area contributed by atoms with Gasteiger partial charge in [-0.2, -0.15) is 0 Å². The van der Waals surface area contributed by atoms with Crippen LogP contribution in [0.5, 0.6) is 0 Å². The van der Waals surface area contributed by atoms with Crippen molar-refractivity contribution in [3.63, 3.8) is 0 Å². The standard InChI is InChI=1S/C12H16Cl2O/c13-11-8-10(6-7-12(11,14)15)9-4-2-1-3-5-9/h6-9,11,15H,1-5H2. The number of hydrogen-bond donors (Lipinski definition) is 1. The highest BCUT2D eigenvalue weighted by Crippen LogP contribution is 2.36. The molecule has 2 atom stereocenters. The first-order chi connectivity index (χ1) is 7.09. The minimum absolute atomic E-state index is 0.513. The summed E-state index contributed by atoms with van der Waals surface area (Å²) in [5, 5.41) is 7.75. The largest absolute Gasteiger partial charge is 0.370 e. The van der Waals surface area contributed by atoms with Gasteiger partial charge >= 0.3 is 0 Å². The Labute approximate surface area is 101 Å². The second kappa shape index (κ2) is 4.48. The number of alkyl halides is 2. The Morgan fingerprint density at radius 2 is 1.93 bits per heavy atom. The fraction of sp³-hybridized carbons (Fsp3) is 0.667. The van der Waals surface area contributed by atoms with Crippen LogP contribution in [0, 0.1) is 5.92 Å². The van der Waals surface area contributed by atoms with Gasteiger partial charge in [-0.3, -0.25) is 0 Å². The van der Waals surface area contributed by atoms with Crippen molar-refractivity contribution in [1.29, 1.82) is 0 Å². The van der Waals surface area contributed by atoms with Crippen molar-refractivity contribution in [2.75, 3.05) is 0 Å². The lowest BCUT2D eigenvalue weighted by Gasteiger charge is -2.29. The molecule has 0 saturated heterocycles. The van der Waals surface area contributed by atoms with Gasteiger partial charge in [-0.15, -0.1) is 11.6 Å². The molecule has 2 unspecified atom stereocenters. The molecule has 2 rings (SSSR count). The molecule has 0 radical (unpaired) electrons. The number of rotatable bonds is 1. The summed E-state index contributed by atoms with van der Waals surface area (Å²) in [5.74, 6) is 0.615. The average molecular weight is 247 g/mol. The Balaban J connectivity index is 2.08. The Kier molecular flexibility index (Phi) is 3.44. The van der Waals surface area contributed by atoms with E-state index < -0.39 is 10.4 Å². The van der Waals surface area contributed by atoms with Crippen LogP contribution in [0.1, 0.15) is 32.1 Å². The molecule has 84 valence electrons. The lowest BCUT2D eigenvalue weighted by atomic mass is 9.81. The van der Waals surface area contributed by atoms with E-state index in [0.29, 0.717) is 5.92 Å². The van der Waals surface area contributed by atoms with Gasteiger partial charge in [0.15, 0.2) is 5.06 Å². The molecule has 15 heavy (non-hydrogen) atoms. The van der Waals surface area contributed by atoms with Gasteiger partial charge in [-0.1, -0.05) is 43.0 Å². The lowest BCUT2D eigenvalue weighted by Crippen LogP contribution is -2.31. The van der Waals surface area contributed by atoms with E-state index in [9.17, 15) is 5.11 Å². The number of halogens is 2. The van der Waals surface area contributed by atoms with Gasteiger partial charge in [0.1, 0.15) is 0 Å². The molecule has 2 aliphatic rings. The van der Waals surface area contributed by atoms with Crippen LogP contribution in [0.15, 0.2) is 23.8 Å². The first kappa shape index (κ1) is 11.5. The van der Waals surface area contributed by atoms with Crippen LogP contribution in [0.2, 0.25) is 0 Å². The zero-order chi connectivity index (χ0) is 10.9. The molecule has 0 aliphatic heterocycles. The molecule has 0 bridgehead atoms. The van der Waals surface area contributed by atoms with Gasteiger partial charge in [0.05, 0.1) is 5.38 Å². The molecular formula is C12H16Cl2O. The third-order valence-electron chi connectivity index (χ3n) is 3.31. The Bertz CT molecular complexity index is 288. The van der Waals surface area contributed by atoms with E-state index in [1.807, 2.05) is 12.2 Å². The van der Waals surface area contributed by atoms with E-state index in [-0.39, 0.29) is 0 Å². The summed E-state index contributed by atoms with van der Waals surface area (Å²) in [6.07, 6.45) is 11.9. The predicted octanol–water partition coefficient (Wildman–Crippen LogP) is 3.60. The highest BCUT2D eigenvalue weighted by molar-refractivity contribution is 6.33. The summed E-state index contributed by atoms with van der Waals surface area (Å²) < 4.78 is 0. The molecule has 0 amide bonds. The molecule has 0 spiro atoms. The highest BCUT2D eigenvalue weighted by Gasteiger charge is 2.33. The molecule has 2 aliphatic carbocycles. The molecule has 0 heterocycles. The zero-order valence-electron chi connectivity index (χ0n) is 8.63. The quantitative estimate of drug-likeness (QED) is 0.702. The van der Waals surface area contributed by atoms with E-state index in [2.05, 4.69) is 0 Å². The average Bonchev–Trinajstić information content (AvgIpc) is 2.23. The fourth-order valence-electron chi connectivity index (χ4n) is 2.35. The zero-order valence-corrected chi connectivity index (χ0v) is 10.1. The highest BCUT2D eigenvalue weighted by atomic mass is 35.5. The summed E-state index contributed by atoms with van der Waals surface area (Å²) in [7, 11) is 0. The van der Waals surface area contributed by atoms with E-state index in [0.717, 1.165) is 0 Å². The van der Waals surface area contributed by atoms with E-state index >= 15 is 0 Å². The second-order valence-electron chi connectivity index (χ2n) is 4.46. The predicted molar refractivity (Wildman–Crippen MR) is 64.2 cm³/mol. The minimum atomic E-state index is -1.40. The van der Waals surface area contributed by atoms with Crippen LogP contribution in [0.4, 0.5) is 0 Å². The Morgan fingerprint density at radius 3 is 2.53 bits per heavy atom. The molecule has 1 N–H and O–H groups in total. The molecule has 0 aromatic carbocycles. The summed E-state index contributed by atoms with van der Waals surface area (Å²) in [6, 6.07) is 0. The van der Waals surface area contributed by atoms with Crippen LogP contribution in [0.25, 0.3) is 0 Å². The summed E-state index contributed by atoms with van der Waals surface area (Å²) in [5.41, 5.74) is 1.25. The van der Waals surface area contributed by atoms with Crippen molar-refractivity contribution >= 4 is 23.2 Å². The molecule has 0 aromatic heterocycles. The van der Waals surface area contributed by atoms with Crippen LogP contribution in [0.3, 0.4) is 0 Å². The molecule has 0 aromatic rings. The van der Waals surface area contributed by atoms with Crippen molar-refractivity contribution in [2.24, 2.45) is 5.92 Å². The normalized spacial score (nSPS) is 37.8. The fourth-order valence-corrected chi connectivity index (χ4v) is 2.70. The molecule has 1 fully saturated rings. The van der Waals surface area contributed by atoms with Crippen molar-refractivity contribution in [2.45, 2.75) is 42.5 Å². The second-order valence-corrected chi connectivity index (χ2v) is 5.54. The Hall–Kier alpha value is 0.0200. The van der Waals surface area contributed by atoms with Crippen molar-refractivity contribution in [3.05, 3.63) is 23.8 Å². The summed E-state index contributed by atoms with van der Waals surface area (Å²) in [4.78, 5) is 0. The molecule has 1 nitrogen and oxygen atoms in total. The monoisotopic (exact) mass is 246 g/mol. The molecule has 3 heteroatoms. The smallest absolute Gasteiger partial charge is 0.177 e. The number of aliphatic hydroxyl groups is 1. The maximum atomic E-state index is 9.66. The third-order valence-corrected chi connectivity index (χ3v) is 4.24. The summed E-state index contributed by atoms with van der Waals surface area (Å²) in [6.45, 7) is 0. The van der Waals surface area contributed by atoms with Crippen LogP contribution in [-0.4, -0.2) is 15.5 Å². The van der Waals surface area contributed by atoms with Gasteiger partial charge in [0, 0.05) is 0 Å². The Morgan fingerprint density at radius 1 is 1.27 bits per heavy atom. The minimum Gasteiger partial charge on any atom is -0.370 e. The van der Waals surface area contributed by atoms with Crippen LogP contribution >= 0.6 is 23.2 Å². The molecule has 1 saturated carbocycles. The van der Waals surface area contributed by atoms with E-state index in [1.165, 1.54) is 37.7 Å². The van der Waals surface area contributed by atoms with E-state index in [1.54, 1.807) is 6.08 Å². The molecular weight excluding hydrogens is 231 g/mol. The number of allylic oxidation sites excluding steroid dienone is 2. The van der Waals surface area contributed by atoms with Crippen molar-refractivity contribution < 1.29 is 5.11 Å². The van der Waals surface area contributed by atoms with Crippen LogP contribution < -0.4 is 0 Å². The maximum absolute atomic E-state index is 9.66. The summed E-state index contributed by atoms with van der Waals surface area (Å²) >= 11 is 11.8. The van der Waals surface area contributed by atoms with E-state index in [4.69, 9.17) is 23.2 Å². The van der Waals surface area contributed by atoms with Crippen LogP contribution in [-0.2, 0) is 0 Å². The first-order valence-electron chi connectivity index (χ1n) is 5.56. The van der Waals surface area contributed by atoms with Crippen molar-refractivity contribution in [1.82, 2.24) is 0 Å².